The zero-order chi connectivity index (χ0) is 25.2. The van der Waals surface area contributed by atoms with Gasteiger partial charge in [-0.15, -0.1) is 0 Å². The van der Waals surface area contributed by atoms with Crippen molar-refractivity contribution in [2.75, 3.05) is 16.8 Å². The van der Waals surface area contributed by atoms with Crippen LogP contribution in [0.5, 0.6) is 0 Å². The lowest BCUT2D eigenvalue weighted by Crippen LogP contribution is -2.41. The van der Waals surface area contributed by atoms with E-state index in [2.05, 4.69) is 31.4 Å². The summed E-state index contributed by atoms with van der Waals surface area (Å²) >= 11 is 6.15. The summed E-state index contributed by atoms with van der Waals surface area (Å²) in [4.78, 5) is 27.7. The molecule has 0 saturated carbocycles. The summed E-state index contributed by atoms with van der Waals surface area (Å²) in [6, 6.07) is 12.3. The van der Waals surface area contributed by atoms with Crippen LogP contribution in [0, 0.1) is 11.3 Å². The molecule has 1 atom stereocenters. The van der Waals surface area contributed by atoms with Crippen molar-refractivity contribution in [3.63, 3.8) is 0 Å². The summed E-state index contributed by atoms with van der Waals surface area (Å²) in [6.07, 6.45) is 5.26. The summed E-state index contributed by atoms with van der Waals surface area (Å²) in [5.41, 5.74) is 3.52. The second-order valence-corrected chi connectivity index (χ2v) is 8.67. The van der Waals surface area contributed by atoms with E-state index in [1.165, 1.54) is 4.90 Å². The third-order valence-electron chi connectivity index (χ3n) is 6.04. The van der Waals surface area contributed by atoms with Crippen LogP contribution in [0.2, 0.25) is 5.15 Å². The molecule has 0 saturated heterocycles. The Morgan fingerprint density at radius 1 is 1.25 bits per heavy atom. The van der Waals surface area contributed by atoms with Crippen molar-refractivity contribution in [2.45, 2.75) is 18.9 Å². The van der Waals surface area contributed by atoms with Crippen LogP contribution in [-0.4, -0.2) is 48.4 Å². The Kier molecular flexibility index (Phi) is 6.33. The maximum absolute atomic E-state index is 13.3. The molecule has 36 heavy (non-hydrogen) atoms. The normalized spacial score (nSPS) is 14.4. The number of nitriles is 1. The van der Waals surface area contributed by atoms with E-state index >= 15 is 0 Å². The van der Waals surface area contributed by atoms with Gasteiger partial charge in [0.25, 0.3) is 0 Å². The fourth-order valence-corrected chi connectivity index (χ4v) is 4.55. The Labute approximate surface area is 211 Å². The Morgan fingerprint density at radius 2 is 2.11 bits per heavy atom. The molecule has 0 aliphatic carbocycles. The van der Waals surface area contributed by atoms with Gasteiger partial charge in [-0.1, -0.05) is 17.7 Å². The number of aryl methyl sites for hydroxylation is 1. The molecule has 4 heterocycles. The molecule has 0 spiro atoms. The highest BCUT2D eigenvalue weighted by Gasteiger charge is 2.36. The molecule has 1 aliphatic rings. The van der Waals surface area contributed by atoms with E-state index in [0.717, 1.165) is 11.4 Å². The van der Waals surface area contributed by atoms with Gasteiger partial charge in [-0.3, -0.25) is 9.48 Å². The first-order chi connectivity index (χ1) is 17.5. The van der Waals surface area contributed by atoms with Crippen molar-refractivity contribution in [3.05, 3.63) is 76.8 Å². The number of carbonyl (C=O) groups excluding carboxylic acids is 1. The van der Waals surface area contributed by atoms with Gasteiger partial charge in [0.15, 0.2) is 0 Å². The summed E-state index contributed by atoms with van der Waals surface area (Å²) in [7, 11) is 1.80. The first kappa shape index (κ1) is 23.4. The molecule has 5 rings (SSSR count). The highest BCUT2D eigenvalue weighted by molar-refractivity contribution is 6.30. The molecule has 0 bridgehead atoms. The monoisotopic (exact) mass is 500 g/mol. The summed E-state index contributed by atoms with van der Waals surface area (Å²) < 4.78 is 1.67. The minimum absolute atomic E-state index is 0.00415. The predicted octanol–water partition coefficient (Wildman–Crippen LogP) is 3.03. The topological polar surface area (TPSA) is 133 Å². The molecular weight excluding hydrogens is 480 g/mol. The Morgan fingerprint density at radius 3 is 2.83 bits per heavy atom. The predicted molar refractivity (Wildman–Crippen MR) is 134 cm³/mol. The second kappa shape index (κ2) is 9.73. The number of amides is 1. The lowest BCUT2D eigenvalue weighted by Gasteiger charge is -2.25. The van der Waals surface area contributed by atoms with E-state index in [1.54, 1.807) is 60.7 Å². The molecule has 2 N–H and O–H groups in total. The van der Waals surface area contributed by atoms with E-state index < -0.39 is 6.04 Å². The van der Waals surface area contributed by atoms with Gasteiger partial charge in [0, 0.05) is 31.1 Å². The van der Waals surface area contributed by atoms with Gasteiger partial charge < -0.3 is 15.3 Å². The lowest BCUT2D eigenvalue weighted by atomic mass is 10.0. The number of rotatable bonds is 6. The standard InChI is InChI=1S/C25H21ClN8O2/c1-33-21(5-8-30-33)32-25-29-7-4-20(31-25)16-9-17-11-19(14-35)34(23(17)18(10-16)13-27)22(36)12-15-3-2-6-28-24(15)26/h2-10,19,35H,11-12,14H2,1H3,(H,29,31,32). The van der Waals surface area contributed by atoms with Crippen LogP contribution in [0.4, 0.5) is 17.5 Å². The Hall–Kier alpha value is -4.33. The number of carbonyl (C=O) groups is 1. The Balaban J connectivity index is 1.49. The number of aromatic nitrogens is 5. The minimum atomic E-state index is -0.488. The van der Waals surface area contributed by atoms with Crippen molar-refractivity contribution < 1.29 is 9.90 Å². The number of hydrogen-bond donors (Lipinski definition) is 2. The average molecular weight is 501 g/mol. The summed E-state index contributed by atoms with van der Waals surface area (Å²) in [6.45, 7) is -0.242. The van der Waals surface area contributed by atoms with Gasteiger partial charge in [-0.2, -0.15) is 10.4 Å². The smallest absolute Gasteiger partial charge is 0.231 e. The van der Waals surface area contributed by atoms with Crippen LogP contribution < -0.4 is 10.2 Å². The molecule has 1 aromatic carbocycles. The number of fused-ring (bicyclic) bond motifs is 1. The van der Waals surface area contributed by atoms with Crippen LogP contribution in [-0.2, 0) is 24.7 Å². The number of hydrogen-bond acceptors (Lipinski definition) is 8. The van der Waals surface area contributed by atoms with E-state index in [9.17, 15) is 15.2 Å². The van der Waals surface area contributed by atoms with E-state index in [1.807, 2.05) is 6.07 Å². The van der Waals surface area contributed by atoms with Crippen molar-refractivity contribution in [1.29, 1.82) is 5.26 Å². The maximum Gasteiger partial charge on any atom is 0.231 e. The van der Waals surface area contributed by atoms with Gasteiger partial charge in [-0.25, -0.2) is 15.0 Å². The summed E-state index contributed by atoms with van der Waals surface area (Å²) in [5, 5.41) is 27.5. The van der Waals surface area contributed by atoms with Crippen LogP contribution >= 0.6 is 11.6 Å². The number of anilines is 3. The van der Waals surface area contributed by atoms with E-state index in [4.69, 9.17) is 11.6 Å². The molecule has 11 heteroatoms. The van der Waals surface area contributed by atoms with Crippen LogP contribution in [0.3, 0.4) is 0 Å². The molecule has 0 radical (unpaired) electrons. The Bertz CT molecular complexity index is 1500. The first-order valence-corrected chi connectivity index (χ1v) is 11.5. The molecule has 0 fully saturated rings. The van der Waals surface area contributed by atoms with Gasteiger partial charge in [0.05, 0.1) is 42.2 Å². The van der Waals surface area contributed by atoms with E-state index in [-0.39, 0.29) is 24.1 Å². The highest BCUT2D eigenvalue weighted by atomic mass is 35.5. The number of halogens is 1. The molecule has 3 aromatic heterocycles. The SMILES string of the molecule is Cn1nccc1Nc1nccc(-c2cc(C#N)c3c(c2)CC(CO)N3C(=O)Cc2cccnc2Cl)n1. The molecule has 10 nitrogen and oxygen atoms in total. The molecule has 4 aromatic rings. The minimum Gasteiger partial charge on any atom is -0.394 e. The molecule has 180 valence electrons. The number of aliphatic hydroxyl groups is 1. The number of aliphatic hydroxyl groups excluding tert-OH is 1. The maximum atomic E-state index is 13.3. The first-order valence-electron chi connectivity index (χ1n) is 11.2. The second-order valence-electron chi connectivity index (χ2n) is 8.31. The highest BCUT2D eigenvalue weighted by Crippen LogP contribution is 2.39. The van der Waals surface area contributed by atoms with Crippen LogP contribution in [0.1, 0.15) is 16.7 Å². The number of pyridine rings is 1. The van der Waals surface area contributed by atoms with Crippen molar-refractivity contribution in [1.82, 2.24) is 24.7 Å². The van der Waals surface area contributed by atoms with Gasteiger partial charge >= 0.3 is 0 Å². The van der Waals surface area contributed by atoms with Crippen LogP contribution in [0.15, 0.2) is 55.0 Å². The van der Waals surface area contributed by atoms with Gasteiger partial charge in [0.1, 0.15) is 17.0 Å². The fourth-order valence-electron chi connectivity index (χ4n) is 4.36. The van der Waals surface area contributed by atoms with Crippen molar-refractivity contribution in [2.24, 2.45) is 7.05 Å². The third kappa shape index (κ3) is 4.37. The van der Waals surface area contributed by atoms with Gasteiger partial charge in [-0.05, 0) is 41.8 Å². The molecule has 1 amide bonds. The average Bonchev–Trinajstić information content (AvgIpc) is 3.47. The fraction of sp³-hybridized carbons (Fsp3) is 0.200. The van der Waals surface area contributed by atoms with E-state index in [0.29, 0.717) is 40.4 Å². The largest absolute Gasteiger partial charge is 0.394 e. The third-order valence-corrected chi connectivity index (χ3v) is 6.38. The summed E-state index contributed by atoms with van der Waals surface area (Å²) in [5.74, 6) is 0.845. The molecule has 1 aliphatic heterocycles. The number of nitrogens with zero attached hydrogens (tertiary/aromatic N) is 7. The molecule has 1 unspecified atom stereocenters. The van der Waals surface area contributed by atoms with Crippen molar-refractivity contribution >= 4 is 35.0 Å². The van der Waals surface area contributed by atoms with Crippen molar-refractivity contribution in [3.8, 4) is 17.3 Å². The molecular formula is C25H21ClN8O2. The van der Waals surface area contributed by atoms with Crippen LogP contribution in [0.25, 0.3) is 11.3 Å². The van der Waals surface area contributed by atoms with Gasteiger partial charge in [0.2, 0.25) is 11.9 Å². The quantitative estimate of drug-likeness (QED) is 0.386. The lowest BCUT2D eigenvalue weighted by molar-refractivity contribution is -0.118. The number of nitrogens with one attached hydrogen (secondary N) is 1. The number of benzene rings is 1. The zero-order valence-electron chi connectivity index (χ0n) is 19.3. The zero-order valence-corrected chi connectivity index (χ0v) is 20.0.